The molecule has 2 amide bonds. The number of nitrogens with one attached hydrogen (secondary N) is 1. The maximum Gasteiger partial charge on any atom is 0.407 e. The van der Waals surface area contributed by atoms with E-state index in [1.54, 1.807) is 4.90 Å². The van der Waals surface area contributed by atoms with Crippen LogP contribution in [0.1, 0.15) is 50.2 Å². The number of piperidine rings is 1. The quantitative estimate of drug-likeness (QED) is 0.693. The predicted molar refractivity (Wildman–Crippen MR) is 124 cm³/mol. The van der Waals surface area contributed by atoms with E-state index in [1.807, 2.05) is 38.1 Å². The third-order valence-corrected chi connectivity index (χ3v) is 6.85. The fraction of sp³-hybridized carbons (Fsp3) is 0.423. The van der Waals surface area contributed by atoms with Gasteiger partial charge in [-0.3, -0.25) is 9.59 Å². The van der Waals surface area contributed by atoms with Gasteiger partial charge in [-0.15, -0.1) is 0 Å². The van der Waals surface area contributed by atoms with E-state index in [4.69, 9.17) is 4.74 Å². The first-order chi connectivity index (χ1) is 15.9. The number of carboxylic acids is 1. The molecule has 1 heterocycles. The number of alkyl carbamates (subject to hydrolysis) is 1. The van der Waals surface area contributed by atoms with E-state index in [0.717, 1.165) is 22.3 Å². The minimum Gasteiger partial charge on any atom is -0.481 e. The fourth-order valence-electron chi connectivity index (χ4n) is 5.04. The molecular formula is C26H30N2O5. The molecule has 0 saturated carbocycles. The molecule has 7 heteroatoms. The first kappa shape index (κ1) is 22.8. The summed E-state index contributed by atoms with van der Waals surface area (Å²) in [5, 5.41) is 12.0. The van der Waals surface area contributed by atoms with E-state index in [-0.39, 0.29) is 24.5 Å². The number of benzene rings is 2. The summed E-state index contributed by atoms with van der Waals surface area (Å²) in [6, 6.07) is 15.4. The summed E-state index contributed by atoms with van der Waals surface area (Å²) >= 11 is 0. The Morgan fingerprint density at radius 1 is 1.09 bits per heavy atom. The number of ether oxygens (including phenoxy) is 1. The molecule has 2 aromatic rings. The summed E-state index contributed by atoms with van der Waals surface area (Å²) in [6.07, 6.45) is 0.647. The molecular weight excluding hydrogens is 420 g/mol. The third-order valence-electron chi connectivity index (χ3n) is 6.85. The molecule has 4 rings (SSSR count). The van der Waals surface area contributed by atoms with Crippen molar-refractivity contribution in [3.63, 3.8) is 0 Å². The van der Waals surface area contributed by atoms with Gasteiger partial charge in [0.25, 0.3) is 0 Å². The lowest BCUT2D eigenvalue weighted by atomic mass is 9.91. The molecule has 174 valence electrons. The number of hydrogen-bond acceptors (Lipinski definition) is 4. The number of carbonyl (C=O) groups is 3. The number of amides is 2. The smallest absolute Gasteiger partial charge is 0.407 e. The molecule has 2 N–H and O–H groups in total. The number of carbonyl (C=O) groups excluding carboxylic acids is 2. The normalized spacial score (nSPS) is 20.5. The first-order valence-corrected chi connectivity index (χ1v) is 11.6. The molecule has 1 fully saturated rings. The van der Waals surface area contributed by atoms with Crippen LogP contribution in [0.25, 0.3) is 11.1 Å². The summed E-state index contributed by atoms with van der Waals surface area (Å²) in [5.41, 5.74) is 4.57. The standard InChI is InChI=1S/C26H30N2O5/c1-3-23(24(29)28-13-12-17(25(30)31)14-16(28)2)27-26(32)33-15-22-20-10-6-4-8-18(20)19-9-5-7-11-21(19)22/h4-11,16-17,22-23H,3,12-15H2,1-2H3,(H,27,32)(H,30,31)/t16?,17?,23-/m0/s1. The molecule has 0 spiro atoms. The average molecular weight is 451 g/mol. The van der Waals surface area contributed by atoms with E-state index in [1.165, 1.54) is 0 Å². The van der Waals surface area contributed by atoms with Crippen molar-refractivity contribution in [1.29, 1.82) is 0 Å². The third kappa shape index (κ3) is 4.58. The van der Waals surface area contributed by atoms with Gasteiger partial charge in [0.1, 0.15) is 12.6 Å². The first-order valence-electron chi connectivity index (χ1n) is 11.6. The second-order valence-corrected chi connectivity index (χ2v) is 8.87. The zero-order valence-electron chi connectivity index (χ0n) is 19.0. The zero-order chi connectivity index (χ0) is 23.5. The number of carboxylic acid groups (broad SMARTS) is 1. The Bertz CT molecular complexity index is 1010. The highest BCUT2D eigenvalue weighted by molar-refractivity contribution is 5.86. The lowest BCUT2D eigenvalue weighted by Crippen LogP contribution is -2.54. The van der Waals surface area contributed by atoms with Crippen molar-refractivity contribution in [2.45, 2.75) is 51.1 Å². The summed E-state index contributed by atoms with van der Waals surface area (Å²) in [5.74, 6) is -1.49. The van der Waals surface area contributed by atoms with Crippen LogP contribution in [-0.4, -0.2) is 53.2 Å². The molecule has 1 saturated heterocycles. The Morgan fingerprint density at radius 2 is 1.70 bits per heavy atom. The van der Waals surface area contributed by atoms with Crippen LogP contribution in [0.15, 0.2) is 48.5 Å². The number of fused-ring (bicyclic) bond motifs is 3. The van der Waals surface area contributed by atoms with Crippen LogP contribution < -0.4 is 5.32 Å². The van der Waals surface area contributed by atoms with E-state index in [9.17, 15) is 19.5 Å². The Morgan fingerprint density at radius 3 is 2.24 bits per heavy atom. The van der Waals surface area contributed by atoms with Gasteiger partial charge in [-0.25, -0.2) is 4.79 Å². The van der Waals surface area contributed by atoms with Crippen LogP contribution in [0.5, 0.6) is 0 Å². The lowest BCUT2D eigenvalue weighted by Gasteiger charge is -2.38. The van der Waals surface area contributed by atoms with Gasteiger partial charge in [-0.2, -0.15) is 0 Å². The molecule has 0 radical (unpaired) electrons. The largest absolute Gasteiger partial charge is 0.481 e. The number of likely N-dealkylation sites (tertiary alicyclic amines) is 1. The molecule has 0 bridgehead atoms. The van der Waals surface area contributed by atoms with Crippen LogP contribution in [0, 0.1) is 5.92 Å². The van der Waals surface area contributed by atoms with Gasteiger partial charge in [-0.1, -0.05) is 55.5 Å². The van der Waals surface area contributed by atoms with Crippen molar-refractivity contribution in [2.75, 3.05) is 13.2 Å². The van der Waals surface area contributed by atoms with Crippen LogP contribution in [0.4, 0.5) is 4.79 Å². The van der Waals surface area contributed by atoms with Gasteiger partial charge >= 0.3 is 12.1 Å². The van der Waals surface area contributed by atoms with E-state index in [2.05, 4.69) is 29.6 Å². The highest BCUT2D eigenvalue weighted by Gasteiger charge is 2.35. The lowest BCUT2D eigenvalue weighted by molar-refractivity contribution is -0.148. The molecule has 2 unspecified atom stereocenters. The zero-order valence-corrected chi connectivity index (χ0v) is 19.0. The summed E-state index contributed by atoms with van der Waals surface area (Å²) < 4.78 is 5.59. The van der Waals surface area contributed by atoms with Crippen molar-refractivity contribution >= 4 is 18.0 Å². The van der Waals surface area contributed by atoms with Crippen LogP contribution >= 0.6 is 0 Å². The molecule has 1 aliphatic heterocycles. The molecule has 1 aliphatic carbocycles. The molecule has 7 nitrogen and oxygen atoms in total. The van der Waals surface area contributed by atoms with Gasteiger partial charge in [-0.05, 0) is 48.4 Å². The van der Waals surface area contributed by atoms with Crippen LogP contribution in [0.3, 0.4) is 0 Å². The minimum atomic E-state index is -0.822. The van der Waals surface area contributed by atoms with Crippen molar-refractivity contribution in [1.82, 2.24) is 10.2 Å². The number of nitrogens with zero attached hydrogens (tertiary/aromatic N) is 1. The highest BCUT2D eigenvalue weighted by Crippen LogP contribution is 2.44. The molecule has 33 heavy (non-hydrogen) atoms. The van der Waals surface area contributed by atoms with Gasteiger partial charge < -0.3 is 20.1 Å². The number of aliphatic carboxylic acids is 1. The minimum absolute atomic E-state index is 0.0472. The molecule has 0 aromatic heterocycles. The highest BCUT2D eigenvalue weighted by atomic mass is 16.5. The van der Waals surface area contributed by atoms with Crippen LogP contribution in [-0.2, 0) is 14.3 Å². The summed E-state index contributed by atoms with van der Waals surface area (Å²) in [7, 11) is 0. The Hall–Kier alpha value is -3.35. The van der Waals surface area contributed by atoms with Gasteiger partial charge in [0.2, 0.25) is 5.91 Å². The Kier molecular flexibility index (Phi) is 6.67. The topological polar surface area (TPSA) is 95.9 Å². The number of hydrogen-bond donors (Lipinski definition) is 2. The average Bonchev–Trinajstić information content (AvgIpc) is 3.14. The Balaban J connectivity index is 1.37. The maximum absolute atomic E-state index is 13.0. The predicted octanol–water partition coefficient (Wildman–Crippen LogP) is 4.02. The van der Waals surface area contributed by atoms with Gasteiger partial charge in [0, 0.05) is 18.5 Å². The van der Waals surface area contributed by atoms with Gasteiger partial charge in [0.05, 0.1) is 5.92 Å². The van der Waals surface area contributed by atoms with Crippen molar-refractivity contribution in [3.05, 3.63) is 59.7 Å². The molecule has 2 aromatic carbocycles. The monoisotopic (exact) mass is 450 g/mol. The van der Waals surface area contributed by atoms with E-state index in [0.29, 0.717) is 25.8 Å². The number of rotatable bonds is 6. The van der Waals surface area contributed by atoms with Crippen molar-refractivity contribution in [2.24, 2.45) is 5.92 Å². The van der Waals surface area contributed by atoms with Gasteiger partial charge in [0.15, 0.2) is 0 Å². The van der Waals surface area contributed by atoms with Crippen LogP contribution in [0.2, 0.25) is 0 Å². The molecule has 3 atom stereocenters. The van der Waals surface area contributed by atoms with Crippen molar-refractivity contribution in [3.8, 4) is 11.1 Å². The second-order valence-electron chi connectivity index (χ2n) is 8.87. The second kappa shape index (κ2) is 9.65. The Labute approximate surface area is 193 Å². The summed E-state index contributed by atoms with van der Waals surface area (Å²) in [4.78, 5) is 38.6. The van der Waals surface area contributed by atoms with E-state index >= 15 is 0 Å². The summed E-state index contributed by atoms with van der Waals surface area (Å²) in [6.45, 7) is 4.25. The van der Waals surface area contributed by atoms with Crippen molar-refractivity contribution < 1.29 is 24.2 Å². The molecule has 2 aliphatic rings. The maximum atomic E-state index is 13.0. The fourth-order valence-corrected chi connectivity index (χ4v) is 5.04. The SMILES string of the molecule is CC[C@H](NC(=O)OCC1c2ccccc2-c2ccccc21)C(=O)N1CCC(C(=O)O)CC1C. The van der Waals surface area contributed by atoms with E-state index < -0.39 is 24.0 Å².